The maximum absolute atomic E-state index is 5.54. The van der Waals surface area contributed by atoms with Gasteiger partial charge in [-0.1, -0.05) is 6.07 Å². The molecule has 3 nitrogen and oxygen atoms in total. The van der Waals surface area contributed by atoms with Crippen molar-refractivity contribution in [2.24, 2.45) is 0 Å². The first-order chi connectivity index (χ1) is 5.86. The summed E-state index contributed by atoms with van der Waals surface area (Å²) in [7, 11) is 0. The Morgan fingerprint density at radius 2 is 1.93 bits per heavy atom. The summed E-state index contributed by atoms with van der Waals surface area (Å²) in [5, 5.41) is 0.718. The standard InChI is InChI=1S/C8H7N3S.2ClH/c9-8-5-7(11-12-8)6-3-1-2-4-10-6;;/h1-5H,9H2;2*1H. The molecule has 0 aliphatic rings. The zero-order valence-corrected chi connectivity index (χ0v) is 9.53. The fourth-order valence-electron chi connectivity index (χ4n) is 0.924. The van der Waals surface area contributed by atoms with Crippen LogP contribution in [0.3, 0.4) is 0 Å². The summed E-state index contributed by atoms with van der Waals surface area (Å²) < 4.78 is 4.14. The van der Waals surface area contributed by atoms with E-state index in [-0.39, 0.29) is 24.8 Å². The van der Waals surface area contributed by atoms with E-state index in [4.69, 9.17) is 5.73 Å². The van der Waals surface area contributed by atoms with Gasteiger partial charge < -0.3 is 5.73 Å². The number of aromatic nitrogens is 2. The minimum absolute atomic E-state index is 0. The second-order valence-corrected chi connectivity index (χ2v) is 3.17. The molecular formula is C8H9Cl2N3S. The maximum atomic E-state index is 5.54. The summed E-state index contributed by atoms with van der Waals surface area (Å²) in [6.07, 6.45) is 1.74. The SMILES string of the molecule is Cl.Cl.Nc1cc(-c2ccccn2)ns1. The maximum Gasteiger partial charge on any atom is 0.107 e. The molecule has 2 aromatic rings. The van der Waals surface area contributed by atoms with Gasteiger partial charge in [-0.25, -0.2) is 0 Å². The molecule has 0 aliphatic heterocycles. The molecule has 2 rings (SSSR count). The van der Waals surface area contributed by atoms with E-state index in [0.717, 1.165) is 16.4 Å². The lowest BCUT2D eigenvalue weighted by atomic mass is 10.3. The number of pyridine rings is 1. The van der Waals surface area contributed by atoms with Crippen molar-refractivity contribution in [2.75, 3.05) is 5.73 Å². The molecule has 0 saturated heterocycles. The van der Waals surface area contributed by atoms with Crippen molar-refractivity contribution in [3.05, 3.63) is 30.5 Å². The Morgan fingerprint density at radius 1 is 1.14 bits per heavy atom. The van der Waals surface area contributed by atoms with Gasteiger partial charge in [0, 0.05) is 12.3 Å². The van der Waals surface area contributed by atoms with Crippen molar-refractivity contribution in [1.82, 2.24) is 9.36 Å². The highest BCUT2D eigenvalue weighted by Crippen LogP contribution is 2.20. The van der Waals surface area contributed by atoms with Crippen molar-refractivity contribution in [2.45, 2.75) is 0 Å². The third-order valence-corrected chi connectivity index (χ3v) is 2.07. The molecule has 2 N–H and O–H groups in total. The van der Waals surface area contributed by atoms with Gasteiger partial charge in [0.1, 0.15) is 10.7 Å². The molecule has 0 bridgehead atoms. The van der Waals surface area contributed by atoms with Crippen LogP contribution in [-0.4, -0.2) is 9.36 Å². The van der Waals surface area contributed by atoms with Crippen molar-refractivity contribution in [1.29, 1.82) is 0 Å². The molecule has 6 heteroatoms. The monoisotopic (exact) mass is 249 g/mol. The van der Waals surface area contributed by atoms with E-state index in [0.29, 0.717) is 0 Å². The molecule has 0 aliphatic carbocycles. The van der Waals surface area contributed by atoms with Crippen LogP contribution in [0.5, 0.6) is 0 Å². The molecule has 0 aromatic carbocycles. The van der Waals surface area contributed by atoms with Crippen LogP contribution >= 0.6 is 36.3 Å². The van der Waals surface area contributed by atoms with E-state index in [1.807, 2.05) is 24.3 Å². The molecule has 14 heavy (non-hydrogen) atoms. The first-order valence-corrected chi connectivity index (χ1v) is 4.27. The molecule has 0 unspecified atom stereocenters. The number of hydrogen-bond acceptors (Lipinski definition) is 4. The highest BCUT2D eigenvalue weighted by molar-refractivity contribution is 7.10. The van der Waals surface area contributed by atoms with Crippen LogP contribution in [0, 0.1) is 0 Å². The van der Waals surface area contributed by atoms with Crippen LogP contribution in [0.1, 0.15) is 0 Å². The predicted octanol–water partition coefficient (Wildman–Crippen LogP) is 2.63. The summed E-state index contributed by atoms with van der Waals surface area (Å²) in [6, 6.07) is 7.54. The fraction of sp³-hybridized carbons (Fsp3) is 0. The number of nitrogen functional groups attached to an aromatic ring is 1. The number of halogens is 2. The van der Waals surface area contributed by atoms with Crippen LogP contribution in [0.15, 0.2) is 30.5 Å². The predicted molar refractivity (Wildman–Crippen MR) is 64.3 cm³/mol. The van der Waals surface area contributed by atoms with Gasteiger partial charge in [0.25, 0.3) is 0 Å². The Kier molecular flexibility index (Phi) is 5.45. The van der Waals surface area contributed by atoms with Gasteiger partial charge in [0.2, 0.25) is 0 Å². The average molecular weight is 250 g/mol. The number of rotatable bonds is 1. The smallest absolute Gasteiger partial charge is 0.107 e. The summed E-state index contributed by atoms with van der Waals surface area (Å²) in [5.74, 6) is 0. The van der Waals surface area contributed by atoms with Crippen LogP contribution in [0.4, 0.5) is 5.00 Å². The van der Waals surface area contributed by atoms with Crippen molar-refractivity contribution in [3.8, 4) is 11.4 Å². The molecule has 0 spiro atoms. The second-order valence-electron chi connectivity index (χ2n) is 2.33. The summed E-state index contributed by atoms with van der Waals surface area (Å²) in [4.78, 5) is 4.15. The van der Waals surface area contributed by atoms with Gasteiger partial charge in [0.15, 0.2) is 0 Å². The number of nitrogens with two attached hydrogens (primary N) is 1. The van der Waals surface area contributed by atoms with E-state index in [1.54, 1.807) is 6.20 Å². The zero-order chi connectivity index (χ0) is 8.39. The first-order valence-electron chi connectivity index (χ1n) is 3.50. The summed E-state index contributed by atoms with van der Waals surface area (Å²) in [6.45, 7) is 0. The molecule has 0 amide bonds. The number of nitrogens with zero attached hydrogens (tertiary/aromatic N) is 2. The van der Waals surface area contributed by atoms with E-state index in [9.17, 15) is 0 Å². The largest absolute Gasteiger partial charge is 0.389 e. The first kappa shape index (κ1) is 13.2. The molecule has 0 radical (unpaired) electrons. The van der Waals surface area contributed by atoms with Gasteiger partial charge in [-0.2, -0.15) is 4.37 Å². The molecule has 76 valence electrons. The molecule has 0 atom stereocenters. The van der Waals surface area contributed by atoms with Crippen LogP contribution in [-0.2, 0) is 0 Å². The van der Waals surface area contributed by atoms with E-state index in [2.05, 4.69) is 9.36 Å². The third-order valence-electron chi connectivity index (χ3n) is 1.46. The quantitative estimate of drug-likeness (QED) is 0.846. The normalized spacial score (nSPS) is 8.57. The zero-order valence-electron chi connectivity index (χ0n) is 7.08. The minimum Gasteiger partial charge on any atom is -0.389 e. The van der Waals surface area contributed by atoms with Gasteiger partial charge in [-0.3, -0.25) is 4.98 Å². The molecule has 2 heterocycles. The number of hydrogen-bond donors (Lipinski definition) is 1. The van der Waals surface area contributed by atoms with Gasteiger partial charge in [-0.15, -0.1) is 24.8 Å². The molecular weight excluding hydrogens is 241 g/mol. The molecule has 0 fully saturated rings. The summed E-state index contributed by atoms with van der Waals surface area (Å²) >= 11 is 1.29. The highest BCUT2D eigenvalue weighted by Gasteiger charge is 2.01. The number of anilines is 1. The van der Waals surface area contributed by atoms with Crippen LogP contribution < -0.4 is 5.73 Å². The Morgan fingerprint density at radius 3 is 2.43 bits per heavy atom. The van der Waals surface area contributed by atoms with Gasteiger partial charge in [0.05, 0.1) is 5.69 Å². The molecule has 0 saturated carbocycles. The Labute approximate surface area is 98.4 Å². The van der Waals surface area contributed by atoms with Gasteiger partial charge >= 0.3 is 0 Å². The Hall–Kier alpha value is -0.840. The average Bonchev–Trinajstić information content (AvgIpc) is 2.54. The molecule has 2 aromatic heterocycles. The minimum atomic E-state index is 0. The second kappa shape index (κ2) is 5.80. The van der Waals surface area contributed by atoms with Crippen LogP contribution in [0.25, 0.3) is 11.4 Å². The lowest BCUT2D eigenvalue weighted by Gasteiger charge is -1.91. The third kappa shape index (κ3) is 2.83. The van der Waals surface area contributed by atoms with E-state index in [1.165, 1.54) is 11.5 Å². The van der Waals surface area contributed by atoms with Crippen LogP contribution in [0.2, 0.25) is 0 Å². The van der Waals surface area contributed by atoms with Gasteiger partial charge in [-0.05, 0) is 23.7 Å². The Bertz CT molecular complexity index is 377. The van der Waals surface area contributed by atoms with E-state index < -0.39 is 0 Å². The lowest BCUT2D eigenvalue weighted by molar-refractivity contribution is 1.30. The van der Waals surface area contributed by atoms with Crippen molar-refractivity contribution >= 4 is 41.3 Å². The van der Waals surface area contributed by atoms with E-state index >= 15 is 0 Å². The fourth-order valence-corrected chi connectivity index (χ4v) is 1.44. The topological polar surface area (TPSA) is 51.8 Å². The highest BCUT2D eigenvalue weighted by atomic mass is 35.5. The Balaban J connectivity index is 0.000000845. The van der Waals surface area contributed by atoms with Crippen molar-refractivity contribution in [3.63, 3.8) is 0 Å². The lowest BCUT2D eigenvalue weighted by Crippen LogP contribution is -1.80. The summed E-state index contributed by atoms with van der Waals surface area (Å²) in [5.41, 5.74) is 7.26. The van der Waals surface area contributed by atoms with Crippen molar-refractivity contribution < 1.29 is 0 Å².